The van der Waals surface area contributed by atoms with Crippen molar-refractivity contribution in [3.8, 4) is 0 Å². The van der Waals surface area contributed by atoms with Crippen LogP contribution in [0.2, 0.25) is 5.02 Å². The van der Waals surface area contributed by atoms with Crippen molar-refractivity contribution >= 4 is 29.2 Å². The zero-order valence-corrected chi connectivity index (χ0v) is 13.2. The van der Waals surface area contributed by atoms with Crippen LogP contribution in [0.5, 0.6) is 0 Å². The summed E-state index contributed by atoms with van der Waals surface area (Å²) in [6.07, 6.45) is 4.63. The van der Waals surface area contributed by atoms with Crippen molar-refractivity contribution in [1.82, 2.24) is 0 Å². The van der Waals surface area contributed by atoms with E-state index in [1.807, 2.05) is 0 Å². The Kier molecular flexibility index (Phi) is 5.80. The lowest BCUT2D eigenvalue weighted by atomic mass is 9.88. The van der Waals surface area contributed by atoms with Crippen LogP contribution < -0.4 is 5.32 Å². The second kappa shape index (κ2) is 7.61. The van der Waals surface area contributed by atoms with Gasteiger partial charge in [-0.3, -0.25) is 4.79 Å². The van der Waals surface area contributed by atoms with Crippen LogP contribution in [-0.4, -0.2) is 29.7 Å². The lowest BCUT2D eigenvalue weighted by molar-refractivity contribution is -0.124. The van der Waals surface area contributed by atoms with Gasteiger partial charge in [0, 0.05) is 5.69 Å². The molecule has 1 aliphatic rings. The van der Waals surface area contributed by atoms with Gasteiger partial charge in [-0.15, -0.1) is 0 Å². The molecule has 0 bridgehead atoms. The summed E-state index contributed by atoms with van der Waals surface area (Å²) in [5, 5.41) is 11.7. The van der Waals surface area contributed by atoms with Gasteiger partial charge in [0.2, 0.25) is 5.91 Å². The molecule has 120 valence electrons. The van der Waals surface area contributed by atoms with E-state index in [2.05, 4.69) is 12.2 Å². The van der Waals surface area contributed by atoms with Crippen LogP contribution in [-0.2, 0) is 9.53 Å². The van der Waals surface area contributed by atoms with Crippen LogP contribution in [0.1, 0.15) is 43.0 Å². The minimum Gasteiger partial charge on any atom is -0.478 e. The Hall–Kier alpha value is -1.59. The number of carboxylic acid groups (broad SMARTS) is 1. The van der Waals surface area contributed by atoms with Gasteiger partial charge in [-0.25, -0.2) is 4.79 Å². The van der Waals surface area contributed by atoms with Gasteiger partial charge in [-0.1, -0.05) is 31.4 Å². The monoisotopic (exact) mass is 325 g/mol. The maximum absolute atomic E-state index is 11.9. The molecule has 0 saturated heterocycles. The first kappa shape index (κ1) is 16.8. The molecule has 2 N–H and O–H groups in total. The largest absolute Gasteiger partial charge is 0.478 e. The van der Waals surface area contributed by atoms with Gasteiger partial charge in [0.05, 0.1) is 16.7 Å². The lowest BCUT2D eigenvalue weighted by Crippen LogP contribution is -2.29. The first-order valence-corrected chi connectivity index (χ1v) is 7.79. The summed E-state index contributed by atoms with van der Waals surface area (Å²) in [6.45, 7) is 2.14. The molecule has 0 aliphatic heterocycles. The number of nitrogens with one attached hydrogen (secondary N) is 1. The number of halogens is 1. The molecule has 1 fully saturated rings. The molecule has 1 saturated carbocycles. The van der Waals surface area contributed by atoms with E-state index >= 15 is 0 Å². The fraction of sp³-hybridized carbons (Fsp3) is 0.500. The summed E-state index contributed by atoms with van der Waals surface area (Å²) in [7, 11) is 0. The SMILES string of the molecule is CC1CCCCC1OCC(=O)Nc1ccc(C(=O)O)c(Cl)c1. The predicted molar refractivity (Wildman–Crippen MR) is 84.4 cm³/mol. The highest BCUT2D eigenvalue weighted by molar-refractivity contribution is 6.33. The van der Waals surface area contributed by atoms with Gasteiger partial charge in [-0.05, 0) is 37.0 Å². The van der Waals surface area contributed by atoms with Crippen LogP contribution in [0, 0.1) is 5.92 Å². The summed E-state index contributed by atoms with van der Waals surface area (Å²) in [6, 6.07) is 4.30. The normalized spacial score (nSPS) is 21.4. The van der Waals surface area contributed by atoms with E-state index in [0.717, 1.165) is 19.3 Å². The first-order chi connectivity index (χ1) is 10.5. The minimum atomic E-state index is -1.10. The van der Waals surface area contributed by atoms with Crippen molar-refractivity contribution in [2.24, 2.45) is 5.92 Å². The van der Waals surface area contributed by atoms with E-state index in [0.29, 0.717) is 11.6 Å². The molecule has 5 nitrogen and oxygen atoms in total. The van der Waals surface area contributed by atoms with Gasteiger partial charge in [0.15, 0.2) is 0 Å². The second-order valence-corrected chi connectivity index (χ2v) is 6.07. The Labute approximate surface area is 134 Å². The molecule has 0 radical (unpaired) electrons. The molecule has 0 heterocycles. The third-order valence-corrected chi connectivity index (χ3v) is 4.26. The third kappa shape index (κ3) is 4.45. The number of hydrogen-bond donors (Lipinski definition) is 2. The van der Waals surface area contributed by atoms with E-state index in [4.69, 9.17) is 21.4 Å². The number of aromatic carboxylic acids is 1. The molecule has 1 amide bonds. The highest BCUT2D eigenvalue weighted by atomic mass is 35.5. The molecule has 2 unspecified atom stereocenters. The summed E-state index contributed by atoms with van der Waals surface area (Å²) in [5.41, 5.74) is 0.465. The molecule has 1 aromatic carbocycles. The minimum absolute atomic E-state index is 0.00643. The molecular formula is C16H20ClNO4. The molecular weight excluding hydrogens is 306 g/mol. The summed E-state index contributed by atoms with van der Waals surface area (Å²) >= 11 is 5.86. The third-order valence-electron chi connectivity index (χ3n) is 3.94. The quantitative estimate of drug-likeness (QED) is 0.867. The number of carbonyl (C=O) groups is 2. The van der Waals surface area contributed by atoms with Crippen LogP contribution in [0.3, 0.4) is 0 Å². The Morgan fingerprint density at radius 2 is 2.09 bits per heavy atom. The molecule has 0 aromatic heterocycles. The molecule has 22 heavy (non-hydrogen) atoms. The van der Waals surface area contributed by atoms with E-state index in [-0.39, 0.29) is 29.2 Å². The molecule has 2 rings (SSSR count). The number of benzene rings is 1. The van der Waals surface area contributed by atoms with Gasteiger partial charge >= 0.3 is 5.97 Å². The Morgan fingerprint density at radius 3 is 2.73 bits per heavy atom. The van der Waals surface area contributed by atoms with Gasteiger partial charge in [0.1, 0.15) is 6.61 Å². The number of hydrogen-bond acceptors (Lipinski definition) is 3. The fourth-order valence-electron chi connectivity index (χ4n) is 2.68. The molecule has 2 atom stereocenters. The van der Waals surface area contributed by atoms with Crippen molar-refractivity contribution in [3.05, 3.63) is 28.8 Å². The second-order valence-electron chi connectivity index (χ2n) is 5.66. The average Bonchev–Trinajstić information content (AvgIpc) is 2.46. The number of carbonyl (C=O) groups excluding carboxylic acids is 1. The van der Waals surface area contributed by atoms with Crippen molar-refractivity contribution in [1.29, 1.82) is 0 Å². The van der Waals surface area contributed by atoms with Crippen molar-refractivity contribution in [2.45, 2.75) is 38.7 Å². The standard InChI is InChI=1S/C16H20ClNO4/c1-10-4-2-3-5-14(10)22-9-15(19)18-11-6-7-12(16(20)21)13(17)8-11/h6-8,10,14H,2-5,9H2,1H3,(H,18,19)(H,20,21). The molecule has 1 aromatic rings. The average molecular weight is 326 g/mol. The number of amides is 1. The van der Waals surface area contributed by atoms with Crippen LogP contribution >= 0.6 is 11.6 Å². The zero-order chi connectivity index (χ0) is 16.1. The Bertz CT molecular complexity index is 561. The number of ether oxygens (including phenoxy) is 1. The fourth-order valence-corrected chi connectivity index (χ4v) is 2.94. The van der Waals surface area contributed by atoms with Crippen molar-refractivity contribution < 1.29 is 19.4 Å². The highest BCUT2D eigenvalue weighted by Crippen LogP contribution is 2.26. The number of anilines is 1. The number of rotatable bonds is 5. The predicted octanol–water partition coefficient (Wildman–Crippen LogP) is 3.57. The van der Waals surface area contributed by atoms with E-state index < -0.39 is 5.97 Å². The maximum Gasteiger partial charge on any atom is 0.337 e. The highest BCUT2D eigenvalue weighted by Gasteiger charge is 2.22. The van der Waals surface area contributed by atoms with Crippen molar-refractivity contribution in [2.75, 3.05) is 11.9 Å². The van der Waals surface area contributed by atoms with Crippen LogP contribution in [0.25, 0.3) is 0 Å². The Balaban J connectivity index is 1.86. The molecule has 1 aliphatic carbocycles. The van der Waals surface area contributed by atoms with Crippen LogP contribution in [0.4, 0.5) is 5.69 Å². The molecule has 0 spiro atoms. The zero-order valence-electron chi connectivity index (χ0n) is 12.5. The summed E-state index contributed by atoms with van der Waals surface area (Å²) in [5.74, 6) is -0.889. The number of carboxylic acids is 1. The smallest absolute Gasteiger partial charge is 0.337 e. The van der Waals surface area contributed by atoms with Gasteiger partial charge in [-0.2, -0.15) is 0 Å². The van der Waals surface area contributed by atoms with Gasteiger partial charge in [0.25, 0.3) is 0 Å². The lowest BCUT2D eigenvalue weighted by Gasteiger charge is -2.28. The first-order valence-electron chi connectivity index (χ1n) is 7.41. The van der Waals surface area contributed by atoms with E-state index in [1.54, 1.807) is 0 Å². The maximum atomic E-state index is 11.9. The topological polar surface area (TPSA) is 75.6 Å². The van der Waals surface area contributed by atoms with Crippen molar-refractivity contribution in [3.63, 3.8) is 0 Å². The summed E-state index contributed by atoms with van der Waals surface area (Å²) in [4.78, 5) is 22.8. The summed E-state index contributed by atoms with van der Waals surface area (Å²) < 4.78 is 5.68. The van der Waals surface area contributed by atoms with E-state index in [9.17, 15) is 9.59 Å². The van der Waals surface area contributed by atoms with Gasteiger partial charge < -0.3 is 15.2 Å². The van der Waals surface area contributed by atoms with E-state index in [1.165, 1.54) is 24.6 Å². The Morgan fingerprint density at radius 1 is 1.36 bits per heavy atom. The molecule has 6 heteroatoms. The van der Waals surface area contributed by atoms with Crippen LogP contribution in [0.15, 0.2) is 18.2 Å².